The van der Waals surface area contributed by atoms with Crippen molar-refractivity contribution in [2.24, 2.45) is 0 Å². The van der Waals surface area contributed by atoms with Crippen molar-refractivity contribution in [2.45, 2.75) is 25.4 Å². The maximum atomic E-state index is 12.2. The molecule has 1 aliphatic carbocycles. The lowest BCUT2D eigenvalue weighted by atomic mass is 10.2. The molecule has 2 fully saturated rings. The van der Waals surface area contributed by atoms with Crippen LogP contribution in [0.4, 0.5) is 4.79 Å². The standard InChI is InChI=1S/C15H19N3O2/c19-14(16-13-6-7-13)11-18-9-8-17(15(18)20)10-12-4-2-1-3-5-12/h1-5,13H,6-11H2,(H,16,19). The number of benzene rings is 1. The number of carbonyl (C=O) groups excluding carboxylic acids is 2. The third-order valence-corrected chi connectivity index (χ3v) is 3.67. The first-order valence-corrected chi connectivity index (χ1v) is 7.09. The highest BCUT2D eigenvalue weighted by Crippen LogP contribution is 2.19. The van der Waals surface area contributed by atoms with Gasteiger partial charge in [0.25, 0.3) is 0 Å². The van der Waals surface area contributed by atoms with E-state index in [0.29, 0.717) is 25.7 Å². The highest BCUT2D eigenvalue weighted by atomic mass is 16.2. The lowest BCUT2D eigenvalue weighted by molar-refractivity contribution is -0.121. The van der Waals surface area contributed by atoms with Crippen molar-refractivity contribution in [3.8, 4) is 0 Å². The zero-order chi connectivity index (χ0) is 13.9. The van der Waals surface area contributed by atoms with E-state index in [1.807, 2.05) is 30.3 Å². The molecule has 0 radical (unpaired) electrons. The molecule has 0 bridgehead atoms. The summed E-state index contributed by atoms with van der Waals surface area (Å²) in [5.41, 5.74) is 1.12. The van der Waals surface area contributed by atoms with Crippen LogP contribution < -0.4 is 5.32 Å². The third-order valence-electron chi connectivity index (χ3n) is 3.67. The van der Waals surface area contributed by atoms with Crippen LogP contribution in [0.1, 0.15) is 18.4 Å². The Morgan fingerprint density at radius 1 is 1.15 bits per heavy atom. The van der Waals surface area contributed by atoms with Crippen molar-refractivity contribution < 1.29 is 9.59 Å². The Balaban J connectivity index is 1.52. The lowest BCUT2D eigenvalue weighted by Gasteiger charge is -2.18. The summed E-state index contributed by atoms with van der Waals surface area (Å²) < 4.78 is 0. The van der Waals surface area contributed by atoms with Gasteiger partial charge in [0.15, 0.2) is 0 Å². The molecule has 1 aromatic carbocycles. The number of amides is 3. The molecular weight excluding hydrogens is 254 g/mol. The summed E-state index contributed by atoms with van der Waals surface area (Å²) in [6.07, 6.45) is 2.14. The van der Waals surface area contributed by atoms with Crippen LogP contribution in [0, 0.1) is 0 Å². The lowest BCUT2D eigenvalue weighted by Crippen LogP contribution is -2.40. The Hall–Kier alpha value is -2.04. The summed E-state index contributed by atoms with van der Waals surface area (Å²) in [4.78, 5) is 27.4. The quantitative estimate of drug-likeness (QED) is 0.876. The Morgan fingerprint density at radius 3 is 2.55 bits per heavy atom. The summed E-state index contributed by atoms with van der Waals surface area (Å²) in [6.45, 7) is 2.11. The average molecular weight is 273 g/mol. The minimum atomic E-state index is -0.0419. The second-order valence-electron chi connectivity index (χ2n) is 5.45. The van der Waals surface area contributed by atoms with Gasteiger partial charge >= 0.3 is 6.03 Å². The fourth-order valence-electron chi connectivity index (χ4n) is 2.40. The molecule has 1 aliphatic heterocycles. The summed E-state index contributed by atoms with van der Waals surface area (Å²) in [6, 6.07) is 10.2. The van der Waals surface area contributed by atoms with Gasteiger partial charge in [-0.3, -0.25) is 4.79 Å². The minimum absolute atomic E-state index is 0.0394. The highest BCUT2D eigenvalue weighted by molar-refractivity contribution is 5.85. The molecule has 5 nitrogen and oxygen atoms in total. The molecule has 106 valence electrons. The monoisotopic (exact) mass is 273 g/mol. The third kappa shape index (κ3) is 3.10. The van der Waals surface area contributed by atoms with E-state index in [-0.39, 0.29) is 18.5 Å². The molecule has 1 saturated carbocycles. The van der Waals surface area contributed by atoms with Crippen LogP contribution in [0.15, 0.2) is 30.3 Å². The van der Waals surface area contributed by atoms with Crippen molar-refractivity contribution in [2.75, 3.05) is 19.6 Å². The molecule has 5 heteroatoms. The predicted octanol–water partition coefficient (Wildman–Crippen LogP) is 1.20. The van der Waals surface area contributed by atoms with E-state index < -0.39 is 0 Å². The number of urea groups is 1. The summed E-state index contributed by atoms with van der Waals surface area (Å²) in [5, 5.41) is 2.91. The molecule has 1 saturated heterocycles. The van der Waals surface area contributed by atoms with Gasteiger partial charge in [-0.1, -0.05) is 30.3 Å². The van der Waals surface area contributed by atoms with Crippen LogP contribution >= 0.6 is 0 Å². The average Bonchev–Trinajstić information content (AvgIpc) is 3.20. The zero-order valence-corrected chi connectivity index (χ0v) is 11.4. The normalized spacial score (nSPS) is 18.5. The molecule has 0 atom stereocenters. The van der Waals surface area contributed by atoms with E-state index >= 15 is 0 Å². The Labute approximate surface area is 118 Å². The van der Waals surface area contributed by atoms with Gasteiger partial charge in [0.1, 0.15) is 6.54 Å². The van der Waals surface area contributed by atoms with Crippen molar-refractivity contribution in [1.29, 1.82) is 0 Å². The van der Waals surface area contributed by atoms with Crippen molar-refractivity contribution in [3.05, 3.63) is 35.9 Å². The van der Waals surface area contributed by atoms with E-state index in [2.05, 4.69) is 5.32 Å². The van der Waals surface area contributed by atoms with Crippen molar-refractivity contribution in [3.63, 3.8) is 0 Å². The number of rotatable bonds is 5. The predicted molar refractivity (Wildman–Crippen MR) is 75.0 cm³/mol. The van der Waals surface area contributed by atoms with Crippen LogP contribution in [0.5, 0.6) is 0 Å². The molecule has 1 aromatic rings. The van der Waals surface area contributed by atoms with E-state index in [4.69, 9.17) is 0 Å². The van der Waals surface area contributed by atoms with E-state index in [9.17, 15) is 9.59 Å². The van der Waals surface area contributed by atoms with Crippen molar-refractivity contribution in [1.82, 2.24) is 15.1 Å². The highest BCUT2D eigenvalue weighted by Gasteiger charge is 2.31. The Morgan fingerprint density at radius 2 is 1.85 bits per heavy atom. The SMILES string of the molecule is O=C(CN1CCN(Cc2ccccc2)C1=O)NC1CC1. The van der Waals surface area contributed by atoms with Gasteiger partial charge in [-0.15, -0.1) is 0 Å². The summed E-state index contributed by atoms with van der Waals surface area (Å²) in [7, 11) is 0. The second-order valence-corrected chi connectivity index (χ2v) is 5.45. The Bertz CT molecular complexity index is 499. The van der Waals surface area contributed by atoms with Crippen LogP contribution in [-0.2, 0) is 11.3 Å². The molecule has 1 N–H and O–H groups in total. The van der Waals surface area contributed by atoms with Crippen molar-refractivity contribution >= 4 is 11.9 Å². The van der Waals surface area contributed by atoms with Crippen LogP contribution in [0.25, 0.3) is 0 Å². The summed E-state index contributed by atoms with van der Waals surface area (Å²) in [5.74, 6) is -0.0394. The molecule has 2 aliphatic rings. The van der Waals surface area contributed by atoms with Gasteiger partial charge in [-0.2, -0.15) is 0 Å². The Kier molecular flexibility index (Phi) is 3.58. The minimum Gasteiger partial charge on any atom is -0.352 e. The van der Waals surface area contributed by atoms with Gasteiger partial charge in [0.2, 0.25) is 5.91 Å². The fourth-order valence-corrected chi connectivity index (χ4v) is 2.40. The first-order chi connectivity index (χ1) is 9.72. The van der Waals surface area contributed by atoms with Gasteiger partial charge in [0.05, 0.1) is 0 Å². The van der Waals surface area contributed by atoms with E-state index in [1.54, 1.807) is 9.80 Å². The molecule has 3 amide bonds. The second kappa shape index (κ2) is 5.53. The smallest absolute Gasteiger partial charge is 0.320 e. The van der Waals surface area contributed by atoms with Gasteiger partial charge in [-0.25, -0.2) is 4.79 Å². The number of nitrogens with zero attached hydrogens (tertiary/aromatic N) is 2. The number of nitrogens with one attached hydrogen (secondary N) is 1. The first-order valence-electron chi connectivity index (χ1n) is 7.09. The van der Waals surface area contributed by atoms with E-state index in [0.717, 1.165) is 18.4 Å². The van der Waals surface area contributed by atoms with Crippen LogP contribution in [0.2, 0.25) is 0 Å². The van der Waals surface area contributed by atoms with Gasteiger partial charge in [0, 0.05) is 25.7 Å². The number of carbonyl (C=O) groups is 2. The number of hydrogen-bond donors (Lipinski definition) is 1. The molecule has 0 spiro atoms. The fraction of sp³-hybridized carbons (Fsp3) is 0.467. The maximum Gasteiger partial charge on any atom is 0.320 e. The molecule has 3 rings (SSSR count). The first kappa shape index (κ1) is 13.0. The van der Waals surface area contributed by atoms with Gasteiger partial charge in [-0.05, 0) is 18.4 Å². The topological polar surface area (TPSA) is 52.7 Å². The largest absolute Gasteiger partial charge is 0.352 e. The van der Waals surface area contributed by atoms with Crippen LogP contribution in [0.3, 0.4) is 0 Å². The molecule has 0 unspecified atom stereocenters. The molecule has 20 heavy (non-hydrogen) atoms. The summed E-state index contributed by atoms with van der Waals surface area (Å²) >= 11 is 0. The zero-order valence-electron chi connectivity index (χ0n) is 11.4. The van der Waals surface area contributed by atoms with E-state index in [1.165, 1.54) is 0 Å². The molecular formula is C15H19N3O2. The maximum absolute atomic E-state index is 12.2. The molecule has 0 aromatic heterocycles. The number of hydrogen-bond acceptors (Lipinski definition) is 2. The van der Waals surface area contributed by atoms with Gasteiger partial charge < -0.3 is 15.1 Å². The van der Waals surface area contributed by atoms with Crippen LogP contribution in [-0.4, -0.2) is 47.4 Å². The molecule has 1 heterocycles.